The average molecular weight is 480 g/mol. The van der Waals surface area contributed by atoms with Gasteiger partial charge in [-0.05, 0) is 29.3 Å². The Hall–Kier alpha value is -3.67. The van der Waals surface area contributed by atoms with E-state index >= 15 is 0 Å². The Morgan fingerprint density at radius 1 is 0.969 bits per heavy atom. The highest BCUT2D eigenvalue weighted by Crippen LogP contribution is 2.56. The van der Waals surface area contributed by atoms with Gasteiger partial charge in [-0.1, -0.05) is 88.7 Å². The van der Waals surface area contributed by atoms with Crippen molar-refractivity contribution in [3.8, 4) is 12.1 Å². The summed E-state index contributed by atoms with van der Waals surface area (Å²) in [5.41, 5.74) is 3.82. The summed E-state index contributed by atoms with van der Waals surface area (Å²) in [5, 5.41) is 19.8. The van der Waals surface area contributed by atoms with Crippen molar-refractivity contribution in [1.29, 1.82) is 10.5 Å². The Balaban J connectivity index is 1.76. The first kappa shape index (κ1) is 20.2. The number of anilines is 1. The van der Waals surface area contributed by atoms with Crippen molar-refractivity contribution >= 4 is 33.5 Å². The van der Waals surface area contributed by atoms with E-state index in [9.17, 15) is 15.3 Å². The number of rotatable bonds is 3. The van der Waals surface area contributed by atoms with Crippen molar-refractivity contribution in [2.24, 2.45) is 5.92 Å². The van der Waals surface area contributed by atoms with E-state index in [2.05, 4.69) is 39.0 Å². The van der Waals surface area contributed by atoms with Crippen LogP contribution in [0.25, 0.3) is 6.08 Å². The Morgan fingerprint density at radius 3 is 2.47 bits per heavy atom. The highest BCUT2D eigenvalue weighted by atomic mass is 79.9. The molecule has 3 aromatic rings. The van der Waals surface area contributed by atoms with Gasteiger partial charge in [0.05, 0.1) is 34.0 Å². The minimum Gasteiger partial charge on any atom is -0.346 e. The largest absolute Gasteiger partial charge is 0.346 e. The van der Waals surface area contributed by atoms with Gasteiger partial charge in [-0.25, -0.2) is 0 Å². The van der Waals surface area contributed by atoms with Crippen LogP contribution in [0.2, 0.25) is 0 Å². The first-order valence-electron chi connectivity index (χ1n) is 10.3. The van der Waals surface area contributed by atoms with Crippen LogP contribution in [0.4, 0.5) is 5.69 Å². The zero-order chi connectivity index (χ0) is 22.3. The van der Waals surface area contributed by atoms with Crippen molar-refractivity contribution in [1.82, 2.24) is 0 Å². The lowest BCUT2D eigenvalue weighted by atomic mass is 9.77. The number of carbonyl (C=O) groups excluding carboxylic acids is 1. The Morgan fingerprint density at radius 2 is 1.72 bits per heavy atom. The lowest BCUT2D eigenvalue weighted by Gasteiger charge is -2.37. The van der Waals surface area contributed by atoms with Crippen LogP contribution in [0.1, 0.15) is 27.0 Å². The lowest BCUT2D eigenvalue weighted by Crippen LogP contribution is -2.42. The van der Waals surface area contributed by atoms with Crippen LogP contribution >= 0.6 is 15.9 Å². The molecule has 1 fully saturated rings. The van der Waals surface area contributed by atoms with E-state index in [0.29, 0.717) is 11.1 Å². The van der Waals surface area contributed by atoms with Crippen LogP contribution in [0.15, 0.2) is 84.9 Å². The molecular formula is C27H18BrN3O. The van der Waals surface area contributed by atoms with E-state index in [1.807, 2.05) is 66.7 Å². The molecule has 32 heavy (non-hydrogen) atoms. The van der Waals surface area contributed by atoms with Gasteiger partial charge in [0, 0.05) is 11.3 Å². The Bertz CT molecular complexity index is 1320. The number of hydrogen-bond acceptors (Lipinski definition) is 4. The maximum absolute atomic E-state index is 13.9. The molecule has 2 aliphatic rings. The predicted octanol–water partition coefficient (Wildman–Crippen LogP) is 5.46. The van der Waals surface area contributed by atoms with E-state index in [1.165, 1.54) is 0 Å². The molecule has 154 valence electrons. The topological polar surface area (TPSA) is 67.9 Å². The average Bonchev–Trinajstić information content (AvgIpc) is 3.13. The monoisotopic (exact) mass is 479 g/mol. The van der Waals surface area contributed by atoms with Gasteiger partial charge in [0.1, 0.15) is 6.04 Å². The highest BCUT2D eigenvalue weighted by molar-refractivity contribution is 9.09. The van der Waals surface area contributed by atoms with Crippen molar-refractivity contribution in [3.63, 3.8) is 0 Å². The van der Waals surface area contributed by atoms with Crippen molar-refractivity contribution in [2.75, 3.05) is 4.90 Å². The third-order valence-electron chi connectivity index (χ3n) is 6.38. The van der Waals surface area contributed by atoms with Gasteiger partial charge in [0.15, 0.2) is 5.78 Å². The number of fused-ring (bicyclic) bond motifs is 3. The third-order valence-corrected chi connectivity index (χ3v) is 7.80. The van der Waals surface area contributed by atoms with Gasteiger partial charge in [-0.3, -0.25) is 4.79 Å². The summed E-state index contributed by atoms with van der Waals surface area (Å²) in [4.78, 5) is 16.0. The molecule has 0 spiro atoms. The normalized spacial score (nSPS) is 25.3. The molecule has 0 aromatic heterocycles. The van der Waals surface area contributed by atoms with Crippen LogP contribution in [-0.4, -0.2) is 17.9 Å². The number of alkyl halides is 1. The second-order valence-electron chi connectivity index (χ2n) is 8.01. The summed E-state index contributed by atoms with van der Waals surface area (Å²) < 4.78 is -0.892. The van der Waals surface area contributed by atoms with Crippen molar-refractivity contribution in [3.05, 3.63) is 107 Å². The predicted molar refractivity (Wildman–Crippen MR) is 127 cm³/mol. The molecule has 4 nitrogen and oxygen atoms in total. The van der Waals surface area contributed by atoms with Crippen LogP contribution in [0, 0.1) is 28.6 Å². The molecule has 2 heterocycles. The van der Waals surface area contributed by atoms with Crippen molar-refractivity contribution < 1.29 is 4.79 Å². The number of ketones is 1. The van der Waals surface area contributed by atoms with Crippen LogP contribution in [0.3, 0.4) is 0 Å². The number of Topliss-reactive ketones (excluding diaryl/α,β-unsaturated/α-hetero) is 1. The SMILES string of the molecule is N#Cc1cccc(C2(Br)C(C(=O)c3ccccc3)C(C#N)N3c4ccccc4C=CC32)c1. The maximum Gasteiger partial charge on any atom is 0.170 e. The fourth-order valence-electron chi connectivity index (χ4n) is 4.97. The Labute approximate surface area is 195 Å². The van der Waals surface area contributed by atoms with Gasteiger partial charge in [0.2, 0.25) is 0 Å². The first-order chi connectivity index (χ1) is 15.6. The van der Waals surface area contributed by atoms with E-state index in [0.717, 1.165) is 16.8 Å². The molecule has 5 heteroatoms. The van der Waals surface area contributed by atoms with E-state index in [-0.39, 0.29) is 11.8 Å². The summed E-state index contributed by atoms with van der Waals surface area (Å²) in [6.07, 6.45) is 4.10. The molecule has 3 aromatic carbocycles. The maximum atomic E-state index is 13.9. The molecule has 0 saturated carbocycles. The van der Waals surface area contributed by atoms with Gasteiger partial charge in [0.25, 0.3) is 0 Å². The fraction of sp³-hybridized carbons (Fsp3) is 0.148. The molecule has 0 amide bonds. The summed E-state index contributed by atoms with van der Waals surface area (Å²) >= 11 is 3.98. The molecule has 0 bridgehead atoms. The second kappa shape index (κ2) is 7.79. The number of hydrogen-bond donors (Lipinski definition) is 0. The molecule has 4 unspecified atom stereocenters. The number of benzene rings is 3. The summed E-state index contributed by atoms with van der Waals surface area (Å²) in [6.45, 7) is 0. The Kier molecular flexibility index (Phi) is 4.93. The lowest BCUT2D eigenvalue weighted by molar-refractivity contribution is 0.0902. The van der Waals surface area contributed by atoms with Crippen molar-refractivity contribution in [2.45, 2.75) is 16.4 Å². The summed E-state index contributed by atoms with van der Waals surface area (Å²) in [6, 6.07) is 28.0. The fourth-order valence-corrected chi connectivity index (χ4v) is 6.05. The molecule has 1 saturated heterocycles. The zero-order valence-electron chi connectivity index (χ0n) is 17.0. The van der Waals surface area contributed by atoms with Gasteiger partial charge in [-0.2, -0.15) is 10.5 Å². The van der Waals surface area contributed by atoms with Crippen LogP contribution in [0.5, 0.6) is 0 Å². The number of nitriles is 2. The number of halogens is 1. The molecule has 0 radical (unpaired) electrons. The van der Waals surface area contributed by atoms with Gasteiger partial charge < -0.3 is 4.90 Å². The minimum atomic E-state index is -0.892. The number of para-hydroxylation sites is 1. The highest BCUT2D eigenvalue weighted by Gasteiger charge is 2.62. The third kappa shape index (κ3) is 2.90. The minimum absolute atomic E-state index is 0.100. The smallest absolute Gasteiger partial charge is 0.170 e. The summed E-state index contributed by atoms with van der Waals surface area (Å²) in [5.74, 6) is -0.790. The van der Waals surface area contributed by atoms with Gasteiger partial charge >= 0.3 is 0 Å². The zero-order valence-corrected chi connectivity index (χ0v) is 18.6. The van der Waals surface area contributed by atoms with E-state index < -0.39 is 16.3 Å². The van der Waals surface area contributed by atoms with E-state index in [1.54, 1.807) is 18.2 Å². The molecule has 5 rings (SSSR count). The second-order valence-corrected chi connectivity index (χ2v) is 9.32. The molecule has 0 aliphatic carbocycles. The van der Waals surface area contributed by atoms with Crippen LogP contribution < -0.4 is 4.90 Å². The van der Waals surface area contributed by atoms with E-state index in [4.69, 9.17) is 0 Å². The number of nitrogens with zero attached hydrogens (tertiary/aromatic N) is 3. The molecule has 2 aliphatic heterocycles. The summed E-state index contributed by atoms with van der Waals surface area (Å²) in [7, 11) is 0. The van der Waals surface area contributed by atoms with Gasteiger partial charge in [-0.15, -0.1) is 0 Å². The van der Waals surface area contributed by atoms with Crippen LogP contribution in [-0.2, 0) is 4.32 Å². The molecule has 4 atom stereocenters. The molecular weight excluding hydrogens is 462 g/mol. The number of carbonyl (C=O) groups is 1. The quantitative estimate of drug-likeness (QED) is 0.369. The first-order valence-corrected chi connectivity index (χ1v) is 11.1. The standard InChI is InChI=1S/C27H18BrN3O/c28-27(21-11-6-7-18(15-21)16-29)24-14-13-19-8-4-5-12-22(19)31(24)23(17-30)25(27)26(32)20-9-2-1-3-10-20/h1-15,23-25H. The molecule has 0 N–H and O–H groups in total.